The third kappa shape index (κ3) is 6.19. The van der Waals surface area contributed by atoms with Crippen molar-refractivity contribution in [2.45, 2.75) is 44.6 Å². The number of hydrogen-bond acceptors (Lipinski definition) is 4. The minimum absolute atomic E-state index is 0.299. The maximum absolute atomic E-state index is 11.7. The lowest BCUT2D eigenvalue weighted by Gasteiger charge is -2.31. The quantitative estimate of drug-likeness (QED) is 0.551. The summed E-state index contributed by atoms with van der Waals surface area (Å²) in [5.74, 6) is -0.299. The second-order valence-electron chi connectivity index (χ2n) is 5.94. The molecule has 3 amide bonds. The summed E-state index contributed by atoms with van der Waals surface area (Å²) in [4.78, 5) is 26.2. The number of nitrogens with one attached hydrogen (secondary N) is 3. The van der Waals surface area contributed by atoms with Crippen molar-refractivity contribution in [3.05, 3.63) is 22.4 Å². The number of urea groups is 1. The number of hydrazine groups is 1. The SMILES string of the molecule is CN(CCCNC(=O)NNC(=O)c1cccs1)C1CCCCC1. The molecule has 0 bridgehead atoms. The molecule has 0 unspecified atom stereocenters. The first-order valence-corrected chi connectivity index (χ1v) is 9.12. The molecule has 7 heteroatoms. The number of amides is 3. The van der Waals surface area contributed by atoms with Crippen LogP contribution in [0.4, 0.5) is 4.79 Å². The Balaban J connectivity index is 1.53. The summed E-state index contributed by atoms with van der Waals surface area (Å²) >= 11 is 1.33. The van der Waals surface area contributed by atoms with Gasteiger partial charge in [-0.2, -0.15) is 0 Å². The van der Waals surface area contributed by atoms with E-state index in [1.54, 1.807) is 12.1 Å². The Hall–Kier alpha value is -1.60. The fraction of sp³-hybridized carbons (Fsp3) is 0.625. The van der Waals surface area contributed by atoms with Gasteiger partial charge in [-0.05, 0) is 44.3 Å². The average molecular weight is 338 g/mol. The maximum Gasteiger partial charge on any atom is 0.333 e. The largest absolute Gasteiger partial charge is 0.337 e. The van der Waals surface area contributed by atoms with Gasteiger partial charge in [0.2, 0.25) is 0 Å². The summed E-state index contributed by atoms with van der Waals surface area (Å²) in [5.41, 5.74) is 4.75. The van der Waals surface area contributed by atoms with E-state index in [0.29, 0.717) is 17.5 Å². The lowest BCUT2D eigenvalue weighted by molar-refractivity contribution is 0.0940. The highest BCUT2D eigenvalue weighted by Gasteiger charge is 2.17. The summed E-state index contributed by atoms with van der Waals surface area (Å²) in [5, 5.41) is 4.57. The molecule has 6 nitrogen and oxygen atoms in total. The van der Waals surface area contributed by atoms with Gasteiger partial charge in [0.05, 0.1) is 4.88 Å². The standard InChI is InChI=1S/C16H26N4O2S/c1-20(13-7-3-2-4-8-13)11-6-10-17-16(22)19-18-15(21)14-9-5-12-23-14/h5,9,12-13H,2-4,6-8,10-11H2,1H3,(H,18,21)(H2,17,19,22). The number of rotatable bonds is 6. The predicted molar refractivity (Wildman–Crippen MR) is 92.4 cm³/mol. The Morgan fingerprint density at radius 3 is 2.74 bits per heavy atom. The number of carbonyl (C=O) groups excluding carboxylic acids is 2. The third-order valence-electron chi connectivity index (χ3n) is 4.21. The molecule has 128 valence electrons. The van der Waals surface area contributed by atoms with Gasteiger partial charge in [0, 0.05) is 12.6 Å². The molecule has 1 saturated carbocycles. The third-order valence-corrected chi connectivity index (χ3v) is 5.07. The summed E-state index contributed by atoms with van der Waals surface area (Å²) in [6, 6.07) is 3.82. The molecular weight excluding hydrogens is 312 g/mol. The Bertz CT molecular complexity index is 486. The summed E-state index contributed by atoms with van der Waals surface area (Å²) < 4.78 is 0. The van der Waals surface area contributed by atoms with Crippen molar-refractivity contribution in [1.29, 1.82) is 0 Å². The Morgan fingerprint density at radius 1 is 1.26 bits per heavy atom. The van der Waals surface area contributed by atoms with Crippen LogP contribution in [0, 0.1) is 0 Å². The van der Waals surface area contributed by atoms with E-state index in [1.807, 2.05) is 5.38 Å². The molecule has 1 aromatic heterocycles. The molecular formula is C16H26N4O2S. The van der Waals surface area contributed by atoms with Gasteiger partial charge in [-0.25, -0.2) is 10.2 Å². The van der Waals surface area contributed by atoms with Gasteiger partial charge >= 0.3 is 6.03 Å². The van der Waals surface area contributed by atoms with E-state index in [9.17, 15) is 9.59 Å². The normalized spacial score (nSPS) is 15.4. The molecule has 1 aromatic rings. The molecule has 0 aliphatic heterocycles. The molecule has 0 radical (unpaired) electrons. The highest BCUT2D eigenvalue weighted by atomic mass is 32.1. The molecule has 2 rings (SSSR count). The first kappa shape index (κ1) is 17.7. The molecule has 0 spiro atoms. The van der Waals surface area contributed by atoms with Crippen LogP contribution in [0.2, 0.25) is 0 Å². The molecule has 1 heterocycles. The van der Waals surface area contributed by atoms with E-state index in [0.717, 1.165) is 13.0 Å². The fourth-order valence-corrected chi connectivity index (χ4v) is 3.48. The van der Waals surface area contributed by atoms with Crippen molar-refractivity contribution in [3.63, 3.8) is 0 Å². The van der Waals surface area contributed by atoms with Crippen molar-refractivity contribution in [2.75, 3.05) is 20.1 Å². The summed E-state index contributed by atoms with van der Waals surface area (Å²) in [6.45, 7) is 1.57. The van der Waals surface area contributed by atoms with Gasteiger partial charge < -0.3 is 10.2 Å². The van der Waals surface area contributed by atoms with Crippen LogP contribution in [0.5, 0.6) is 0 Å². The van der Waals surface area contributed by atoms with Gasteiger partial charge in [-0.15, -0.1) is 11.3 Å². The molecule has 23 heavy (non-hydrogen) atoms. The minimum atomic E-state index is -0.379. The Labute approximate surface area is 141 Å². The van der Waals surface area contributed by atoms with E-state index in [1.165, 1.54) is 43.4 Å². The van der Waals surface area contributed by atoms with E-state index < -0.39 is 0 Å². The van der Waals surface area contributed by atoms with Gasteiger partial charge in [0.25, 0.3) is 5.91 Å². The predicted octanol–water partition coefficient (Wildman–Crippen LogP) is 2.35. The molecule has 1 fully saturated rings. The van der Waals surface area contributed by atoms with Crippen LogP contribution in [0.25, 0.3) is 0 Å². The zero-order valence-electron chi connectivity index (χ0n) is 13.6. The first-order chi connectivity index (χ1) is 11.2. The van der Waals surface area contributed by atoms with Crippen LogP contribution >= 0.6 is 11.3 Å². The van der Waals surface area contributed by atoms with E-state index in [4.69, 9.17) is 0 Å². The Morgan fingerprint density at radius 2 is 2.04 bits per heavy atom. The molecule has 3 N–H and O–H groups in total. The second-order valence-corrected chi connectivity index (χ2v) is 6.89. The van der Waals surface area contributed by atoms with Crippen LogP contribution in [0.1, 0.15) is 48.2 Å². The van der Waals surface area contributed by atoms with Gasteiger partial charge in [0.15, 0.2) is 0 Å². The van der Waals surface area contributed by atoms with Crippen molar-refractivity contribution in [1.82, 2.24) is 21.1 Å². The first-order valence-electron chi connectivity index (χ1n) is 8.25. The highest BCUT2D eigenvalue weighted by Crippen LogP contribution is 2.21. The topological polar surface area (TPSA) is 73.5 Å². The van der Waals surface area contributed by atoms with Gasteiger partial charge in [-0.1, -0.05) is 25.3 Å². The van der Waals surface area contributed by atoms with Crippen LogP contribution in [-0.4, -0.2) is 43.0 Å². The second kappa shape index (κ2) is 9.52. The van der Waals surface area contributed by atoms with E-state index >= 15 is 0 Å². The zero-order valence-corrected chi connectivity index (χ0v) is 14.5. The molecule has 0 saturated heterocycles. The van der Waals surface area contributed by atoms with E-state index in [-0.39, 0.29) is 11.9 Å². The monoisotopic (exact) mass is 338 g/mol. The van der Waals surface area contributed by atoms with Crippen molar-refractivity contribution in [3.8, 4) is 0 Å². The number of thiophene rings is 1. The average Bonchev–Trinajstić information content (AvgIpc) is 3.12. The van der Waals surface area contributed by atoms with Crippen molar-refractivity contribution >= 4 is 23.3 Å². The highest BCUT2D eigenvalue weighted by molar-refractivity contribution is 7.12. The van der Waals surface area contributed by atoms with Gasteiger partial charge in [0.1, 0.15) is 0 Å². The minimum Gasteiger partial charge on any atom is -0.337 e. The van der Waals surface area contributed by atoms with Crippen LogP contribution in [0.3, 0.4) is 0 Å². The van der Waals surface area contributed by atoms with Crippen molar-refractivity contribution < 1.29 is 9.59 Å². The van der Waals surface area contributed by atoms with Crippen LogP contribution < -0.4 is 16.2 Å². The molecule has 1 aliphatic rings. The Kier molecular flexibility index (Phi) is 7.35. The maximum atomic E-state index is 11.7. The van der Waals surface area contributed by atoms with Crippen LogP contribution in [0.15, 0.2) is 17.5 Å². The lowest BCUT2D eigenvalue weighted by atomic mass is 9.94. The summed E-state index contributed by atoms with van der Waals surface area (Å²) in [6.07, 6.45) is 7.51. The number of carbonyl (C=O) groups is 2. The number of hydrogen-bond donors (Lipinski definition) is 3. The zero-order chi connectivity index (χ0) is 16.5. The molecule has 0 aromatic carbocycles. The fourth-order valence-electron chi connectivity index (χ4n) is 2.86. The smallest absolute Gasteiger partial charge is 0.333 e. The number of nitrogens with zero attached hydrogens (tertiary/aromatic N) is 1. The van der Waals surface area contributed by atoms with Gasteiger partial charge in [-0.3, -0.25) is 10.2 Å². The lowest BCUT2D eigenvalue weighted by Crippen LogP contribution is -2.47. The van der Waals surface area contributed by atoms with E-state index in [2.05, 4.69) is 28.1 Å². The van der Waals surface area contributed by atoms with Crippen LogP contribution in [-0.2, 0) is 0 Å². The molecule has 1 aliphatic carbocycles. The molecule has 0 atom stereocenters. The summed E-state index contributed by atoms with van der Waals surface area (Å²) in [7, 11) is 2.16. The van der Waals surface area contributed by atoms with Crippen molar-refractivity contribution in [2.24, 2.45) is 0 Å².